The van der Waals surface area contributed by atoms with Gasteiger partial charge in [0.25, 0.3) is 0 Å². The summed E-state index contributed by atoms with van der Waals surface area (Å²) < 4.78 is 7.53. The highest BCUT2D eigenvalue weighted by molar-refractivity contribution is 5.76. The van der Waals surface area contributed by atoms with Crippen LogP contribution in [0.2, 0.25) is 0 Å². The summed E-state index contributed by atoms with van der Waals surface area (Å²) in [5.74, 6) is 3.59. The fraction of sp³-hybridized carbons (Fsp3) is 0.478. The molecule has 0 spiro atoms. The molecule has 1 aliphatic heterocycles. The van der Waals surface area contributed by atoms with Crippen molar-refractivity contribution in [3.63, 3.8) is 0 Å². The highest BCUT2D eigenvalue weighted by atomic mass is 16.5. The maximum atomic E-state index is 13.0. The molecule has 0 bridgehead atoms. The minimum absolute atomic E-state index is 0.117. The Labute approximate surface area is 178 Å². The zero-order chi connectivity index (χ0) is 21.2. The second-order valence-electron chi connectivity index (χ2n) is 7.43. The summed E-state index contributed by atoms with van der Waals surface area (Å²) in [5.41, 5.74) is 0.654. The molecular formula is C23H29N5O2. The first-order valence-corrected chi connectivity index (χ1v) is 10.5. The Hall–Kier alpha value is -3.14. The Bertz CT molecular complexity index is 862. The van der Waals surface area contributed by atoms with Crippen molar-refractivity contribution in [1.29, 1.82) is 0 Å². The van der Waals surface area contributed by atoms with Crippen LogP contribution in [0.25, 0.3) is 0 Å². The van der Waals surface area contributed by atoms with E-state index in [1.807, 2.05) is 46.9 Å². The molecule has 0 saturated carbocycles. The van der Waals surface area contributed by atoms with Gasteiger partial charge in [-0.3, -0.25) is 4.79 Å². The molecule has 3 rings (SSSR count). The standard InChI is InChI=1S/C23H29N5O2/c1-3-5-12-23(25-26-23)13-11-22(29)28(16-6-15-27-17-14-24-19-27)18-20-7-9-21(10-8-20)30-4-2/h1,7-10,14,17,19H,4-6,11-13,15-16,18H2,2H3. The Morgan fingerprint density at radius 3 is 2.70 bits per heavy atom. The Kier molecular flexibility index (Phi) is 7.61. The summed E-state index contributed by atoms with van der Waals surface area (Å²) in [5, 5.41) is 8.29. The number of benzene rings is 1. The predicted molar refractivity (Wildman–Crippen MR) is 115 cm³/mol. The lowest BCUT2D eigenvalue weighted by atomic mass is 10.0. The monoisotopic (exact) mass is 407 g/mol. The van der Waals surface area contributed by atoms with Crippen LogP contribution in [0.1, 0.15) is 44.6 Å². The number of carbonyl (C=O) groups excluding carboxylic acids is 1. The second kappa shape index (κ2) is 10.6. The van der Waals surface area contributed by atoms with E-state index >= 15 is 0 Å². The molecule has 0 radical (unpaired) electrons. The number of ether oxygens (including phenoxy) is 1. The van der Waals surface area contributed by atoms with E-state index in [9.17, 15) is 4.79 Å². The van der Waals surface area contributed by atoms with Crippen LogP contribution in [0.5, 0.6) is 5.75 Å². The first kappa shape index (κ1) is 21.6. The number of aromatic nitrogens is 2. The lowest BCUT2D eigenvalue weighted by Gasteiger charge is -2.24. The van der Waals surface area contributed by atoms with E-state index in [0.717, 1.165) is 30.7 Å². The molecule has 2 heterocycles. The third-order valence-corrected chi connectivity index (χ3v) is 5.16. The van der Waals surface area contributed by atoms with Gasteiger partial charge in [-0.25, -0.2) is 4.98 Å². The number of rotatable bonds is 13. The van der Waals surface area contributed by atoms with Crippen LogP contribution in [0.15, 0.2) is 53.2 Å². The largest absolute Gasteiger partial charge is 0.494 e. The Morgan fingerprint density at radius 1 is 1.27 bits per heavy atom. The molecule has 30 heavy (non-hydrogen) atoms. The van der Waals surface area contributed by atoms with Gasteiger partial charge in [0.05, 0.1) is 12.9 Å². The number of terminal acetylenes is 1. The van der Waals surface area contributed by atoms with Crippen molar-refractivity contribution >= 4 is 5.91 Å². The zero-order valence-electron chi connectivity index (χ0n) is 17.5. The SMILES string of the molecule is C#CCCC1(CCC(=O)N(CCCn2ccnc2)Cc2ccc(OCC)cc2)N=N1. The van der Waals surface area contributed by atoms with Crippen LogP contribution in [-0.2, 0) is 17.9 Å². The normalized spacial score (nSPS) is 13.6. The van der Waals surface area contributed by atoms with Crippen LogP contribution < -0.4 is 4.74 Å². The fourth-order valence-corrected chi connectivity index (χ4v) is 3.37. The average Bonchev–Trinajstić information content (AvgIpc) is 3.34. The number of nitrogens with zero attached hydrogens (tertiary/aromatic N) is 5. The van der Waals surface area contributed by atoms with Crippen molar-refractivity contribution < 1.29 is 9.53 Å². The topological polar surface area (TPSA) is 72.1 Å². The first-order chi connectivity index (χ1) is 14.6. The molecule has 1 amide bonds. The summed E-state index contributed by atoms with van der Waals surface area (Å²) >= 11 is 0. The molecule has 7 nitrogen and oxygen atoms in total. The molecule has 1 aromatic carbocycles. The first-order valence-electron chi connectivity index (χ1n) is 10.5. The van der Waals surface area contributed by atoms with Crippen LogP contribution >= 0.6 is 0 Å². The maximum Gasteiger partial charge on any atom is 0.223 e. The van der Waals surface area contributed by atoms with Crippen LogP contribution in [0.4, 0.5) is 0 Å². The number of hydrogen-bond donors (Lipinski definition) is 0. The molecular weight excluding hydrogens is 378 g/mol. The zero-order valence-corrected chi connectivity index (χ0v) is 17.5. The summed E-state index contributed by atoms with van der Waals surface area (Å²) in [4.78, 5) is 19.0. The smallest absolute Gasteiger partial charge is 0.223 e. The summed E-state index contributed by atoms with van der Waals surface area (Å²) in [7, 11) is 0. The van der Waals surface area contributed by atoms with Crippen molar-refractivity contribution in [3.8, 4) is 18.1 Å². The molecule has 0 unspecified atom stereocenters. The third-order valence-electron chi connectivity index (χ3n) is 5.16. The molecule has 1 aromatic heterocycles. The maximum absolute atomic E-state index is 13.0. The van der Waals surface area contributed by atoms with Gasteiger partial charge in [-0.15, -0.1) is 12.3 Å². The third kappa shape index (κ3) is 6.45. The van der Waals surface area contributed by atoms with Crippen LogP contribution in [0.3, 0.4) is 0 Å². The summed E-state index contributed by atoms with van der Waals surface area (Å²) in [6.45, 7) is 4.67. The lowest BCUT2D eigenvalue weighted by molar-refractivity contribution is -0.132. The molecule has 158 valence electrons. The van der Waals surface area contributed by atoms with E-state index in [0.29, 0.717) is 39.0 Å². The van der Waals surface area contributed by atoms with E-state index in [-0.39, 0.29) is 5.91 Å². The van der Waals surface area contributed by atoms with Crippen LogP contribution in [-0.4, -0.2) is 39.2 Å². The van der Waals surface area contributed by atoms with Gasteiger partial charge >= 0.3 is 0 Å². The van der Waals surface area contributed by atoms with Crippen molar-refractivity contribution in [2.45, 2.75) is 57.8 Å². The molecule has 0 fully saturated rings. The molecule has 0 N–H and O–H groups in total. The van der Waals surface area contributed by atoms with E-state index in [1.54, 1.807) is 12.5 Å². The van der Waals surface area contributed by atoms with E-state index in [2.05, 4.69) is 21.1 Å². The quantitative estimate of drug-likeness (QED) is 0.470. The fourth-order valence-electron chi connectivity index (χ4n) is 3.37. The molecule has 1 aliphatic rings. The number of hydrogen-bond acceptors (Lipinski definition) is 5. The van der Waals surface area contributed by atoms with Gasteiger partial charge in [0.1, 0.15) is 5.75 Å². The van der Waals surface area contributed by atoms with Crippen molar-refractivity contribution in [2.24, 2.45) is 10.2 Å². The van der Waals surface area contributed by atoms with Gasteiger partial charge in [0, 0.05) is 57.7 Å². The van der Waals surface area contributed by atoms with E-state index < -0.39 is 5.66 Å². The van der Waals surface area contributed by atoms with Gasteiger partial charge in [-0.1, -0.05) is 12.1 Å². The second-order valence-corrected chi connectivity index (χ2v) is 7.43. The number of imidazole rings is 1. The summed E-state index contributed by atoms with van der Waals surface area (Å²) in [6.07, 6.45) is 14.1. The highest BCUT2D eigenvalue weighted by Gasteiger charge is 2.39. The van der Waals surface area contributed by atoms with Gasteiger partial charge < -0.3 is 14.2 Å². The van der Waals surface area contributed by atoms with Gasteiger partial charge in [0.2, 0.25) is 5.91 Å². The Morgan fingerprint density at radius 2 is 2.07 bits per heavy atom. The van der Waals surface area contributed by atoms with Gasteiger partial charge in [-0.05, 0) is 31.0 Å². The Balaban J connectivity index is 1.57. The van der Waals surface area contributed by atoms with E-state index in [4.69, 9.17) is 11.2 Å². The number of carbonyl (C=O) groups is 1. The van der Waals surface area contributed by atoms with Crippen molar-refractivity contribution in [3.05, 3.63) is 48.5 Å². The predicted octanol–water partition coefficient (Wildman–Crippen LogP) is 4.06. The van der Waals surface area contributed by atoms with Gasteiger partial charge in [-0.2, -0.15) is 10.2 Å². The molecule has 0 saturated heterocycles. The number of aryl methyl sites for hydroxylation is 1. The van der Waals surface area contributed by atoms with Gasteiger partial charge in [0.15, 0.2) is 5.66 Å². The van der Waals surface area contributed by atoms with Crippen LogP contribution in [0, 0.1) is 12.3 Å². The minimum atomic E-state index is -0.427. The van der Waals surface area contributed by atoms with Crippen molar-refractivity contribution in [1.82, 2.24) is 14.5 Å². The highest BCUT2D eigenvalue weighted by Crippen LogP contribution is 2.37. The summed E-state index contributed by atoms with van der Waals surface area (Å²) in [6, 6.07) is 7.93. The molecule has 7 heteroatoms. The minimum Gasteiger partial charge on any atom is -0.494 e. The number of amides is 1. The molecule has 2 aromatic rings. The van der Waals surface area contributed by atoms with E-state index in [1.165, 1.54) is 0 Å². The molecule has 0 atom stereocenters. The average molecular weight is 408 g/mol. The lowest BCUT2D eigenvalue weighted by Crippen LogP contribution is -2.32. The van der Waals surface area contributed by atoms with Crippen molar-refractivity contribution in [2.75, 3.05) is 13.2 Å². The molecule has 0 aliphatic carbocycles.